The number of piperazine rings is 2. The maximum absolute atomic E-state index is 14.8. The quantitative estimate of drug-likeness (QED) is 0.164. The summed E-state index contributed by atoms with van der Waals surface area (Å²) in [4.78, 5) is 58.9. The molecule has 4 amide bonds. The second kappa shape index (κ2) is 24.3. The lowest BCUT2D eigenvalue weighted by molar-refractivity contribution is -0.134. The molecule has 0 saturated carbocycles. The molecule has 4 fully saturated rings. The third-order valence-electron chi connectivity index (χ3n) is 11.1. The first-order valence-corrected chi connectivity index (χ1v) is 20.8. The average Bonchev–Trinajstić information content (AvgIpc) is 3.89. The number of hydrogen-bond acceptors (Lipinski definition) is 11. The van der Waals surface area contributed by atoms with Gasteiger partial charge in [-0.2, -0.15) is 0 Å². The molecule has 8 rings (SSSR count). The lowest BCUT2D eigenvalue weighted by atomic mass is 10.2. The molecule has 0 radical (unpaired) electrons. The van der Waals surface area contributed by atoms with Gasteiger partial charge in [0.2, 0.25) is 0 Å². The van der Waals surface area contributed by atoms with Crippen LogP contribution in [0, 0.1) is 11.6 Å². The number of anilines is 4. The third kappa shape index (κ3) is 13.0. The molecule has 0 unspecified atom stereocenters. The topological polar surface area (TPSA) is 151 Å². The Balaban J connectivity index is 0.000000272. The van der Waals surface area contributed by atoms with Crippen molar-refractivity contribution < 1.29 is 46.9 Å². The van der Waals surface area contributed by atoms with Crippen molar-refractivity contribution in [1.29, 1.82) is 0 Å². The summed E-state index contributed by atoms with van der Waals surface area (Å²) in [6.07, 6.45) is -0.780. The largest absolute Gasteiger partial charge is 0.484 e. The van der Waals surface area contributed by atoms with E-state index >= 15 is 0 Å². The van der Waals surface area contributed by atoms with Gasteiger partial charge in [0, 0.05) is 58.9 Å². The highest BCUT2D eigenvalue weighted by Gasteiger charge is 2.34. The van der Waals surface area contributed by atoms with Crippen LogP contribution in [0.3, 0.4) is 0 Å². The van der Waals surface area contributed by atoms with Gasteiger partial charge in [-0.1, -0.05) is 50.7 Å². The highest BCUT2D eigenvalue weighted by Crippen LogP contribution is 2.30. The maximum atomic E-state index is 14.8. The van der Waals surface area contributed by atoms with Crippen LogP contribution in [0.5, 0.6) is 11.5 Å². The van der Waals surface area contributed by atoms with Crippen LogP contribution in [0.2, 0.25) is 0 Å². The SMILES string of the molecule is C.CC[C@H]1CN(c2ccc(N3CCN(C(=O)COc4ccccc4)CC3)c(F)c2)C(=O)O1.Cl.Cl.NC[C@H]1CN(c2ccc(N3CCN(C(=O)COc4ccccc4)CC3)c(F)c2)C(=O)O1. The van der Waals surface area contributed by atoms with E-state index < -0.39 is 23.8 Å². The molecule has 2 atom stereocenters. The van der Waals surface area contributed by atoms with E-state index in [-0.39, 0.29) is 76.0 Å². The van der Waals surface area contributed by atoms with Gasteiger partial charge in [-0.05, 0) is 67.1 Å². The fourth-order valence-electron chi connectivity index (χ4n) is 7.54. The number of nitrogens with zero attached hydrogens (tertiary/aromatic N) is 6. The molecule has 4 aromatic rings. The first kappa shape index (κ1) is 51.6. The number of nitrogens with two attached hydrogens (primary N) is 1. The van der Waals surface area contributed by atoms with E-state index in [4.69, 9.17) is 24.7 Å². The van der Waals surface area contributed by atoms with E-state index in [0.717, 1.165) is 6.42 Å². The average molecular weight is 945 g/mol. The predicted molar refractivity (Wildman–Crippen MR) is 250 cm³/mol. The molecule has 0 aromatic heterocycles. The van der Waals surface area contributed by atoms with Crippen molar-refractivity contribution >= 4 is 71.6 Å². The molecule has 0 bridgehead atoms. The molecule has 19 heteroatoms. The molecular weight excluding hydrogens is 887 g/mol. The zero-order valence-electron chi connectivity index (χ0n) is 35.4. The minimum absolute atomic E-state index is 0. The summed E-state index contributed by atoms with van der Waals surface area (Å²) in [5.41, 5.74) is 7.39. The number of rotatable bonds is 12. The lowest BCUT2D eigenvalue weighted by Gasteiger charge is -2.36. The standard InChI is InChI=1S/C23H26FN3O4.C22H25FN4O4.CH4.2ClH/c1-2-18-15-27(23(29)31-18)17-8-9-21(20(24)14-17)25-10-12-26(13-11-25)22(28)16-30-19-6-4-3-5-7-19;23-19-12-16(27-14-18(13-24)31-22(27)29)6-7-20(19)25-8-10-26(11-9-25)21(28)15-30-17-4-2-1-3-5-17;;;/h3-9,14,18H,2,10-13,15-16H2,1H3;1-7,12,18H,8-11,13-15,24H2;1H4;2*1H/t2*18-;;;/m00.../s1. The van der Waals surface area contributed by atoms with Gasteiger partial charge in [0.1, 0.15) is 35.3 Å². The van der Waals surface area contributed by atoms with Crippen LogP contribution < -0.4 is 34.8 Å². The summed E-state index contributed by atoms with van der Waals surface area (Å²) in [5, 5.41) is 0. The highest BCUT2D eigenvalue weighted by atomic mass is 35.5. The smallest absolute Gasteiger partial charge is 0.414 e. The zero-order valence-corrected chi connectivity index (χ0v) is 37.0. The third-order valence-corrected chi connectivity index (χ3v) is 11.1. The van der Waals surface area contributed by atoms with Crippen LogP contribution in [0.4, 0.5) is 41.1 Å². The molecule has 4 aliphatic rings. The Hall–Kier alpha value is -6.04. The molecule has 0 aliphatic carbocycles. The first-order chi connectivity index (χ1) is 30.1. The van der Waals surface area contributed by atoms with Crippen molar-refractivity contribution in [3.8, 4) is 11.5 Å². The number of benzene rings is 4. The minimum atomic E-state index is -0.521. The van der Waals surface area contributed by atoms with Crippen molar-refractivity contribution in [3.05, 3.63) is 109 Å². The van der Waals surface area contributed by atoms with E-state index in [1.807, 2.05) is 65.3 Å². The molecule has 352 valence electrons. The minimum Gasteiger partial charge on any atom is -0.484 e. The summed E-state index contributed by atoms with van der Waals surface area (Å²) < 4.78 is 51.1. The number of amides is 4. The zero-order chi connectivity index (χ0) is 43.6. The number of carbonyl (C=O) groups excluding carboxylic acids is 4. The van der Waals surface area contributed by atoms with Crippen LogP contribution in [0.25, 0.3) is 0 Å². The van der Waals surface area contributed by atoms with Crippen LogP contribution in [0.1, 0.15) is 20.8 Å². The van der Waals surface area contributed by atoms with E-state index in [1.54, 1.807) is 46.2 Å². The monoisotopic (exact) mass is 943 g/mol. The summed E-state index contributed by atoms with van der Waals surface area (Å²) >= 11 is 0. The van der Waals surface area contributed by atoms with Gasteiger partial charge in [-0.25, -0.2) is 18.4 Å². The highest BCUT2D eigenvalue weighted by molar-refractivity contribution is 5.91. The molecule has 15 nitrogen and oxygen atoms in total. The van der Waals surface area contributed by atoms with Gasteiger partial charge in [0.25, 0.3) is 11.8 Å². The van der Waals surface area contributed by atoms with Gasteiger partial charge in [0.05, 0.1) is 35.8 Å². The summed E-state index contributed by atoms with van der Waals surface area (Å²) in [5.74, 6) is 0.310. The van der Waals surface area contributed by atoms with Crippen LogP contribution in [-0.4, -0.2) is 131 Å². The second-order valence-electron chi connectivity index (χ2n) is 15.1. The van der Waals surface area contributed by atoms with Crippen LogP contribution in [-0.2, 0) is 19.1 Å². The van der Waals surface area contributed by atoms with Crippen molar-refractivity contribution in [2.45, 2.75) is 33.0 Å². The molecule has 0 spiro atoms. The number of para-hydroxylation sites is 2. The Labute approximate surface area is 390 Å². The van der Waals surface area contributed by atoms with Gasteiger partial charge < -0.3 is 44.3 Å². The number of hydrogen-bond donors (Lipinski definition) is 1. The molecule has 4 aliphatic heterocycles. The normalized spacial score (nSPS) is 18.0. The van der Waals surface area contributed by atoms with E-state index in [1.165, 1.54) is 21.9 Å². The van der Waals surface area contributed by atoms with Crippen molar-refractivity contribution in [3.63, 3.8) is 0 Å². The maximum Gasteiger partial charge on any atom is 0.414 e. The van der Waals surface area contributed by atoms with Gasteiger partial charge in [0.15, 0.2) is 13.2 Å². The fraction of sp³-hybridized carbons (Fsp3) is 0.391. The summed E-state index contributed by atoms with van der Waals surface area (Å²) in [7, 11) is 0. The van der Waals surface area contributed by atoms with Gasteiger partial charge >= 0.3 is 12.2 Å². The van der Waals surface area contributed by atoms with Gasteiger partial charge in [-0.15, -0.1) is 24.8 Å². The van der Waals surface area contributed by atoms with Crippen LogP contribution >= 0.6 is 24.8 Å². The summed E-state index contributed by atoms with van der Waals surface area (Å²) in [6, 6.07) is 27.9. The Bertz CT molecular complexity index is 2030. The number of halogens is 4. The van der Waals surface area contributed by atoms with Crippen molar-refractivity contribution in [2.24, 2.45) is 5.73 Å². The lowest BCUT2D eigenvalue weighted by Crippen LogP contribution is -2.50. The molecule has 2 N–H and O–H groups in total. The van der Waals surface area contributed by atoms with E-state index in [0.29, 0.717) is 99.7 Å². The predicted octanol–water partition coefficient (Wildman–Crippen LogP) is 6.61. The number of carbonyl (C=O) groups is 4. The summed E-state index contributed by atoms with van der Waals surface area (Å²) in [6.45, 7) is 6.88. The fourth-order valence-corrected chi connectivity index (χ4v) is 7.54. The van der Waals surface area contributed by atoms with Gasteiger partial charge in [-0.3, -0.25) is 19.4 Å². The number of ether oxygens (including phenoxy) is 4. The van der Waals surface area contributed by atoms with Crippen molar-refractivity contribution in [1.82, 2.24) is 9.80 Å². The first-order valence-electron chi connectivity index (χ1n) is 20.8. The van der Waals surface area contributed by atoms with E-state index in [9.17, 15) is 28.0 Å². The molecule has 4 saturated heterocycles. The Morgan fingerprint density at radius 1 is 0.615 bits per heavy atom. The Kier molecular flexibility index (Phi) is 19.3. The molecular formula is C46H57Cl2F2N7O8. The molecule has 4 heterocycles. The van der Waals surface area contributed by atoms with Crippen LogP contribution in [0.15, 0.2) is 97.1 Å². The molecule has 65 heavy (non-hydrogen) atoms. The Morgan fingerprint density at radius 2 is 1.00 bits per heavy atom. The number of cyclic esters (lactones) is 2. The Morgan fingerprint density at radius 3 is 1.34 bits per heavy atom. The second-order valence-corrected chi connectivity index (χ2v) is 15.1. The molecule has 4 aromatic carbocycles. The van der Waals surface area contributed by atoms with Crippen molar-refractivity contribution in [2.75, 3.05) is 105 Å². The van der Waals surface area contributed by atoms with E-state index in [2.05, 4.69) is 0 Å².